The van der Waals surface area contributed by atoms with Gasteiger partial charge in [0.05, 0.1) is 11.3 Å². The molecule has 0 bridgehead atoms. The Hall–Kier alpha value is -2.38. The van der Waals surface area contributed by atoms with Crippen LogP contribution < -0.4 is 5.32 Å². The summed E-state index contributed by atoms with van der Waals surface area (Å²) in [7, 11) is 0. The molecule has 0 aliphatic carbocycles. The van der Waals surface area contributed by atoms with E-state index in [1.807, 2.05) is 30.8 Å². The molecule has 2 aromatic rings. The summed E-state index contributed by atoms with van der Waals surface area (Å²) in [5.74, 6) is 2.10. The van der Waals surface area contributed by atoms with Gasteiger partial charge in [0.2, 0.25) is 5.91 Å². The number of hydrogen-bond acceptors (Lipinski definition) is 5. The lowest BCUT2D eigenvalue weighted by atomic mass is 10.1. The summed E-state index contributed by atoms with van der Waals surface area (Å²) in [5, 5.41) is 14.0. The highest BCUT2D eigenvalue weighted by Crippen LogP contribution is 2.21. The Labute approximate surface area is 163 Å². The number of rotatable bonds is 6. The number of amides is 1. The zero-order valence-electron chi connectivity index (χ0n) is 15.3. The number of hydrogen-bond donors (Lipinski definition) is 1. The van der Waals surface area contributed by atoms with Crippen LogP contribution in [-0.2, 0) is 17.8 Å². The molecule has 1 saturated heterocycles. The molecule has 3 rings (SSSR count). The molecule has 1 heterocycles. The molecule has 1 amide bonds. The number of nitro benzene ring substituents is 1. The highest BCUT2D eigenvalue weighted by molar-refractivity contribution is 7.99. The van der Waals surface area contributed by atoms with E-state index in [9.17, 15) is 14.9 Å². The average Bonchev–Trinajstić information content (AvgIpc) is 2.65. The molecule has 6 nitrogen and oxygen atoms in total. The van der Waals surface area contributed by atoms with Crippen molar-refractivity contribution in [2.24, 2.45) is 0 Å². The van der Waals surface area contributed by atoms with E-state index in [-0.39, 0.29) is 18.0 Å². The van der Waals surface area contributed by atoms with Gasteiger partial charge in [-0.3, -0.25) is 19.8 Å². The standard InChI is InChI=1S/C20H23N3O3S/c1-15-12-16(14-22-8-10-27-11-9-22)6-7-18(15)21-20(24)13-17-4-2-3-5-19(17)23(25)26/h2-7,12H,8-11,13-14H2,1H3,(H,21,24). The van der Waals surface area contributed by atoms with Crippen LogP contribution in [0.15, 0.2) is 42.5 Å². The molecule has 0 radical (unpaired) electrons. The zero-order chi connectivity index (χ0) is 19.2. The molecule has 0 saturated carbocycles. The number of para-hydroxylation sites is 1. The van der Waals surface area contributed by atoms with E-state index in [1.165, 1.54) is 23.1 Å². The molecular formula is C20H23N3O3S. The van der Waals surface area contributed by atoms with Crippen molar-refractivity contribution < 1.29 is 9.72 Å². The van der Waals surface area contributed by atoms with Gasteiger partial charge in [0.1, 0.15) is 0 Å². The number of thioether (sulfide) groups is 1. The van der Waals surface area contributed by atoms with Gasteiger partial charge in [-0.25, -0.2) is 0 Å². The van der Waals surface area contributed by atoms with E-state index in [4.69, 9.17) is 0 Å². The summed E-state index contributed by atoms with van der Waals surface area (Å²) in [5.41, 5.74) is 3.36. The van der Waals surface area contributed by atoms with Crippen molar-refractivity contribution in [1.29, 1.82) is 0 Å². The monoisotopic (exact) mass is 385 g/mol. The second-order valence-electron chi connectivity index (χ2n) is 6.65. The molecule has 7 heteroatoms. The van der Waals surface area contributed by atoms with Crippen LogP contribution in [0.25, 0.3) is 0 Å². The van der Waals surface area contributed by atoms with Crippen LogP contribution in [0.4, 0.5) is 11.4 Å². The van der Waals surface area contributed by atoms with Gasteiger partial charge in [-0.15, -0.1) is 0 Å². The van der Waals surface area contributed by atoms with Crippen LogP contribution in [0.2, 0.25) is 0 Å². The Kier molecular flexibility index (Phi) is 6.47. The van der Waals surface area contributed by atoms with Crippen LogP contribution in [0.3, 0.4) is 0 Å². The molecule has 1 N–H and O–H groups in total. The fraction of sp³-hybridized carbons (Fsp3) is 0.350. The summed E-state index contributed by atoms with van der Waals surface area (Å²) in [4.78, 5) is 25.4. The van der Waals surface area contributed by atoms with Gasteiger partial charge in [0.25, 0.3) is 5.69 Å². The smallest absolute Gasteiger partial charge is 0.273 e. The summed E-state index contributed by atoms with van der Waals surface area (Å²) in [6.07, 6.45) is -0.0240. The minimum Gasteiger partial charge on any atom is -0.326 e. The number of anilines is 1. The highest BCUT2D eigenvalue weighted by atomic mass is 32.2. The molecule has 1 aliphatic rings. The van der Waals surface area contributed by atoms with Crippen molar-refractivity contribution in [3.05, 3.63) is 69.3 Å². The highest BCUT2D eigenvalue weighted by Gasteiger charge is 2.16. The SMILES string of the molecule is Cc1cc(CN2CCSCC2)ccc1NC(=O)Cc1ccccc1[N+](=O)[O-]. The maximum Gasteiger partial charge on any atom is 0.273 e. The van der Waals surface area contributed by atoms with Crippen molar-refractivity contribution in [3.8, 4) is 0 Å². The number of benzene rings is 2. The van der Waals surface area contributed by atoms with Gasteiger partial charge in [-0.2, -0.15) is 11.8 Å². The van der Waals surface area contributed by atoms with Crippen LogP contribution in [0.5, 0.6) is 0 Å². The van der Waals surface area contributed by atoms with E-state index in [2.05, 4.69) is 16.3 Å². The van der Waals surface area contributed by atoms with Crippen molar-refractivity contribution in [2.75, 3.05) is 29.9 Å². The second kappa shape index (κ2) is 9.01. The molecule has 0 atom stereocenters. The van der Waals surface area contributed by atoms with E-state index in [0.29, 0.717) is 5.56 Å². The number of nitrogens with zero attached hydrogens (tertiary/aromatic N) is 2. The maximum atomic E-state index is 12.4. The van der Waals surface area contributed by atoms with Crippen molar-refractivity contribution in [2.45, 2.75) is 19.9 Å². The van der Waals surface area contributed by atoms with Crippen LogP contribution >= 0.6 is 11.8 Å². The summed E-state index contributed by atoms with van der Waals surface area (Å²) in [6.45, 7) is 5.11. The first-order chi connectivity index (χ1) is 13.0. The minimum atomic E-state index is -0.457. The molecule has 1 aliphatic heterocycles. The first-order valence-electron chi connectivity index (χ1n) is 8.94. The zero-order valence-corrected chi connectivity index (χ0v) is 16.1. The number of nitrogens with one attached hydrogen (secondary N) is 1. The molecule has 2 aromatic carbocycles. The third-order valence-electron chi connectivity index (χ3n) is 4.61. The normalized spacial score (nSPS) is 14.7. The van der Waals surface area contributed by atoms with E-state index in [1.54, 1.807) is 18.2 Å². The van der Waals surface area contributed by atoms with Crippen LogP contribution in [0.1, 0.15) is 16.7 Å². The first-order valence-corrected chi connectivity index (χ1v) is 10.1. The third-order valence-corrected chi connectivity index (χ3v) is 5.56. The topological polar surface area (TPSA) is 75.5 Å². The number of carbonyl (C=O) groups is 1. The van der Waals surface area contributed by atoms with Crippen molar-refractivity contribution >= 4 is 29.0 Å². The number of aryl methyl sites for hydroxylation is 1. The van der Waals surface area contributed by atoms with Gasteiger partial charge in [-0.05, 0) is 24.1 Å². The summed E-state index contributed by atoms with van der Waals surface area (Å²) in [6, 6.07) is 12.4. The predicted molar refractivity (Wildman–Crippen MR) is 109 cm³/mol. The Morgan fingerprint density at radius 2 is 1.96 bits per heavy atom. The predicted octanol–water partition coefficient (Wildman–Crippen LogP) is 3.63. The second-order valence-corrected chi connectivity index (χ2v) is 7.87. The van der Waals surface area contributed by atoms with Gasteiger partial charge >= 0.3 is 0 Å². The fourth-order valence-corrected chi connectivity index (χ4v) is 4.17. The molecule has 0 spiro atoms. The van der Waals surface area contributed by atoms with Crippen molar-refractivity contribution in [3.63, 3.8) is 0 Å². The van der Waals surface area contributed by atoms with Gasteiger partial charge in [0.15, 0.2) is 0 Å². The Bertz CT molecular complexity index is 835. The quantitative estimate of drug-likeness (QED) is 0.607. The number of nitro groups is 1. The average molecular weight is 385 g/mol. The van der Waals surface area contributed by atoms with Crippen LogP contribution in [-0.4, -0.2) is 40.3 Å². The molecule has 0 unspecified atom stereocenters. The Morgan fingerprint density at radius 3 is 2.67 bits per heavy atom. The summed E-state index contributed by atoms with van der Waals surface area (Å²) >= 11 is 1.99. The largest absolute Gasteiger partial charge is 0.326 e. The lowest BCUT2D eigenvalue weighted by Gasteiger charge is -2.26. The molecule has 142 valence electrons. The van der Waals surface area contributed by atoms with E-state index in [0.717, 1.165) is 30.9 Å². The molecule has 1 fully saturated rings. The fourth-order valence-electron chi connectivity index (χ4n) is 3.19. The van der Waals surface area contributed by atoms with Crippen molar-refractivity contribution in [1.82, 2.24) is 4.90 Å². The molecule has 0 aromatic heterocycles. The number of carbonyl (C=O) groups excluding carboxylic acids is 1. The van der Waals surface area contributed by atoms with Gasteiger partial charge in [0, 0.05) is 48.5 Å². The lowest BCUT2D eigenvalue weighted by molar-refractivity contribution is -0.385. The molecular weight excluding hydrogens is 362 g/mol. The summed E-state index contributed by atoms with van der Waals surface area (Å²) < 4.78 is 0. The van der Waals surface area contributed by atoms with E-state index >= 15 is 0 Å². The van der Waals surface area contributed by atoms with Crippen LogP contribution in [0, 0.1) is 17.0 Å². The van der Waals surface area contributed by atoms with Gasteiger partial charge in [-0.1, -0.05) is 30.3 Å². The Morgan fingerprint density at radius 1 is 1.22 bits per heavy atom. The molecule has 27 heavy (non-hydrogen) atoms. The first kappa shape index (κ1) is 19.4. The van der Waals surface area contributed by atoms with E-state index < -0.39 is 4.92 Å². The Balaban J connectivity index is 1.63. The third kappa shape index (κ3) is 5.30. The van der Waals surface area contributed by atoms with Gasteiger partial charge < -0.3 is 5.32 Å². The lowest BCUT2D eigenvalue weighted by Crippen LogP contribution is -2.31. The maximum absolute atomic E-state index is 12.4. The minimum absolute atomic E-state index is 0.0240.